The minimum atomic E-state index is 0.273. The van der Waals surface area contributed by atoms with Gasteiger partial charge >= 0.3 is 0 Å². The Labute approximate surface area is 133 Å². The molecule has 0 bridgehead atoms. The molecular weight excluding hydrogens is 336 g/mol. The third-order valence-corrected chi connectivity index (χ3v) is 5.22. The minimum absolute atomic E-state index is 0.273. The van der Waals surface area contributed by atoms with Gasteiger partial charge in [-0.15, -0.1) is 11.8 Å². The summed E-state index contributed by atoms with van der Waals surface area (Å²) in [5.74, 6) is 1.26. The Kier molecular flexibility index (Phi) is 6.39. The standard InChI is InChI=1S/C15H21BrN2OS/c1-18(13-8-9-17-11-13)15(19)3-2-10-20-14-6-4-12(16)5-7-14/h4-7,13,17H,2-3,8-11H2,1H3. The zero-order chi connectivity index (χ0) is 14.4. The van der Waals surface area contributed by atoms with Crippen LogP contribution in [0.5, 0.6) is 0 Å². The van der Waals surface area contributed by atoms with Crippen LogP contribution in [0.4, 0.5) is 0 Å². The smallest absolute Gasteiger partial charge is 0.222 e. The summed E-state index contributed by atoms with van der Waals surface area (Å²) in [4.78, 5) is 15.2. The van der Waals surface area contributed by atoms with Gasteiger partial charge in [-0.05, 0) is 49.4 Å². The number of carbonyl (C=O) groups is 1. The first-order chi connectivity index (χ1) is 9.66. The van der Waals surface area contributed by atoms with Crippen molar-refractivity contribution >= 4 is 33.6 Å². The first kappa shape index (κ1) is 15.9. The number of benzene rings is 1. The van der Waals surface area contributed by atoms with Crippen molar-refractivity contribution < 1.29 is 4.79 Å². The molecule has 1 amide bonds. The molecule has 1 heterocycles. The first-order valence-electron chi connectivity index (χ1n) is 7.01. The van der Waals surface area contributed by atoms with E-state index in [1.807, 2.05) is 35.8 Å². The Morgan fingerprint density at radius 1 is 1.45 bits per heavy atom. The summed E-state index contributed by atoms with van der Waals surface area (Å²) in [7, 11) is 1.93. The molecule has 1 fully saturated rings. The second kappa shape index (κ2) is 8.05. The van der Waals surface area contributed by atoms with Gasteiger partial charge in [-0.1, -0.05) is 15.9 Å². The van der Waals surface area contributed by atoms with Crippen LogP contribution in [0.2, 0.25) is 0 Å². The van der Waals surface area contributed by atoms with Crippen molar-refractivity contribution in [2.24, 2.45) is 0 Å². The van der Waals surface area contributed by atoms with Crippen LogP contribution in [0.1, 0.15) is 19.3 Å². The van der Waals surface area contributed by atoms with E-state index in [1.165, 1.54) is 4.90 Å². The maximum atomic E-state index is 12.1. The predicted octanol–water partition coefficient (Wildman–Crippen LogP) is 3.14. The average molecular weight is 357 g/mol. The lowest BCUT2D eigenvalue weighted by Crippen LogP contribution is -2.38. The number of carbonyl (C=O) groups excluding carboxylic acids is 1. The molecule has 1 aromatic rings. The van der Waals surface area contributed by atoms with E-state index in [9.17, 15) is 4.79 Å². The number of likely N-dealkylation sites (N-methyl/N-ethyl adjacent to an activating group) is 1. The average Bonchev–Trinajstić information content (AvgIpc) is 2.98. The second-order valence-corrected chi connectivity index (χ2v) is 7.14. The summed E-state index contributed by atoms with van der Waals surface area (Å²) in [6.45, 7) is 1.97. The topological polar surface area (TPSA) is 32.3 Å². The van der Waals surface area contributed by atoms with Crippen LogP contribution in [0.15, 0.2) is 33.6 Å². The summed E-state index contributed by atoms with van der Waals surface area (Å²) in [5.41, 5.74) is 0. The van der Waals surface area contributed by atoms with Crippen LogP contribution < -0.4 is 5.32 Å². The maximum Gasteiger partial charge on any atom is 0.222 e. The molecule has 1 atom stereocenters. The number of rotatable bonds is 6. The van der Waals surface area contributed by atoms with Gasteiger partial charge in [-0.2, -0.15) is 0 Å². The van der Waals surface area contributed by atoms with E-state index in [0.29, 0.717) is 12.5 Å². The lowest BCUT2D eigenvalue weighted by atomic mass is 10.2. The minimum Gasteiger partial charge on any atom is -0.341 e. The Balaban J connectivity index is 1.65. The van der Waals surface area contributed by atoms with Crippen molar-refractivity contribution in [3.8, 4) is 0 Å². The summed E-state index contributed by atoms with van der Waals surface area (Å²) in [5, 5.41) is 3.30. The van der Waals surface area contributed by atoms with Crippen LogP contribution >= 0.6 is 27.7 Å². The van der Waals surface area contributed by atoms with Crippen molar-refractivity contribution in [3.05, 3.63) is 28.7 Å². The zero-order valence-electron chi connectivity index (χ0n) is 11.8. The van der Waals surface area contributed by atoms with Crippen LogP contribution in [-0.2, 0) is 4.79 Å². The van der Waals surface area contributed by atoms with E-state index >= 15 is 0 Å². The summed E-state index contributed by atoms with van der Waals surface area (Å²) in [6, 6.07) is 8.70. The molecule has 20 heavy (non-hydrogen) atoms. The Morgan fingerprint density at radius 2 is 2.20 bits per heavy atom. The van der Waals surface area contributed by atoms with Gasteiger partial charge in [0, 0.05) is 35.4 Å². The highest BCUT2D eigenvalue weighted by molar-refractivity contribution is 9.10. The molecule has 0 saturated carbocycles. The van der Waals surface area contributed by atoms with Gasteiger partial charge in [0.15, 0.2) is 0 Å². The third kappa shape index (κ3) is 4.79. The van der Waals surface area contributed by atoms with Gasteiger partial charge in [0.2, 0.25) is 5.91 Å². The molecule has 1 aliphatic heterocycles. The van der Waals surface area contributed by atoms with Crippen LogP contribution in [0, 0.1) is 0 Å². The zero-order valence-corrected chi connectivity index (χ0v) is 14.2. The van der Waals surface area contributed by atoms with Gasteiger partial charge in [-0.25, -0.2) is 0 Å². The van der Waals surface area contributed by atoms with Crippen molar-refractivity contribution in [1.82, 2.24) is 10.2 Å². The molecule has 2 rings (SSSR count). The van der Waals surface area contributed by atoms with Gasteiger partial charge in [0.25, 0.3) is 0 Å². The lowest BCUT2D eigenvalue weighted by molar-refractivity contribution is -0.131. The Bertz CT molecular complexity index is 432. The van der Waals surface area contributed by atoms with Crippen molar-refractivity contribution in [2.45, 2.75) is 30.2 Å². The molecule has 0 spiro atoms. The summed E-state index contributed by atoms with van der Waals surface area (Å²) in [6.07, 6.45) is 2.66. The van der Waals surface area contributed by atoms with Crippen molar-refractivity contribution in [3.63, 3.8) is 0 Å². The van der Waals surface area contributed by atoms with Gasteiger partial charge in [-0.3, -0.25) is 4.79 Å². The molecule has 3 nitrogen and oxygen atoms in total. The van der Waals surface area contributed by atoms with Gasteiger partial charge in [0.05, 0.1) is 0 Å². The molecule has 1 N–H and O–H groups in total. The molecule has 1 saturated heterocycles. The molecule has 0 radical (unpaired) electrons. The maximum absolute atomic E-state index is 12.1. The fourth-order valence-electron chi connectivity index (χ4n) is 2.29. The Hall–Kier alpha value is -0.520. The van der Waals surface area contributed by atoms with Crippen molar-refractivity contribution in [2.75, 3.05) is 25.9 Å². The van der Waals surface area contributed by atoms with E-state index in [1.54, 1.807) is 0 Å². The largest absolute Gasteiger partial charge is 0.341 e. The number of hydrogen-bond donors (Lipinski definition) is 1. The van der Waals surface area contributed by atoms with Crippen LogP contribution in [0.3, 0.4) is 0 Å². The molecule has 1 aromatic carbocycles. The number of hydrogen-bond acceptors (Lipinski definition) is 3. The monoisotopic (exact) mass is 356 g/mol. The van der Waals surface area contributed by atoms with Crippen LogP contribution in [0.25, 0.3) is 0 Å². The van der Waals surface area contributed by atoms with Crippen molar-refractivity contribution in [1.29, 1.82) is 0 Å². The number of thioether (sulfide) groups is 1. The normalized spacial score (nSPS) is 18.2. The SMILES string of the molecule is CN(C(=O)CCCSc1ccc(Br)cc1)C1CCNC1. The molecular formula is C15H21BrN2OS. The highest BCUT2D eigenvalue weighted by Crippen LogP contribution is 2.21. The quantitative estimate of drug-likeness (QED) is 0.627. The molecule has 0 aromatic heterocycles. The number of nitrogens with one attached hydrogen (secondary N) is 1. The molecule has 0 aliphatic carbocycles. The van der Waals surface area contributed by atoms with E-state index in [0.717, 1.165) is 36.2 Å². The summed E-state index contributed by atoms with van der Waals surface area (Å²) >= 11 is 5.24. The molecule has 1 unspecified atom stereocenters. The molecule has 5 heteroatoms. The molecule has 1 aliphatic rings. The molecule has 110 valence electrons. The fraction of sp³-hybridized carbons (Fsp3) is 0.533. The Morgan fingerprint density at radius 3 is 2.85 bits per heavy atom. The fourth-order valence-corrected chi connectivity index (χ4v) is 3.41. The predicted molar refractivity (Wildman–Crippen MR) is 88.1 cm³/mol. The van der Waals surface area contributed by atoms with E-state index in [-0.39, 0.29) is 5.91 Å². The second-order valence-electron chi connectivity index (χ2n) is 5.06. The third-order valence-electron chi connectivity index (χ3n) is 3.59. The first-order valence-corrected chi connectivity index (χ1v) is 8.79. The van der Waals surface area contributed by atoms with E-state index in [2.05, 4.69) is 33.4 Å². The number of halogens is 1. The van der Waals surface area contributed by atoms with Crippen LogP contribution in [-0.4, -0.2) is 42.7 Å². The number of amides is 1. The van der Waals surface area contributed by atoms with Gasteiger partial charge in [0.1, 0.15) is 0 Å². The van der Waals surface area contributed by atoms with E-state index < -0.39 is 0 Å². The highest BCUT2D eigenvalue weighted by atomic mass is 79.9. The number of nitrogens with zero attached hydrogens (tertiary/aromatic N) is 1. The van der Waals surface area contributed by atoms with Gasteiger partial charge < -0.3 is 10.2 Å². The lowest BCUT2D eigenvalue weighted by Gasteiger charge is -2.23. The highest BCUT2D eigenvalue weighted by Gasteiger charge is 2.22. The summed E-state index contributed by atoms with van der Waals surface area (Å²) < 4.78 is 1.10. The van der Waals surface area contributed by atoms with E-state index in [4.69, 9.17) is 0 Å².